The number of hydrogen-bond donors (Lipinski definition) is 0. The van der Waals surface area contributed by atoms with Gasteiger partial charge in [0.25, 0.3) is 0 Å². The Kier molecular flexibility index (Phi) is 4.45. The second kappa shape index (κ2) is 6.50. The summed E-state index contributed by atoms with van der Waals surface area (Å²) in [6.45, 7) is 1.47. The highest BCUT2D eigenvalue weighted by Crippen LogP contribution is 2.28. The molecular formula is C16H24N4O2. The SMILES string of the molecule is CN(C)c1ccc(OC2CCN(C(=O)C3CCCC3)C2)nn1. The first-order chi connectivity index (χ1) is 10.6. The van der Waals surface area contributed by atoms with Crippen molar-refractivity contribution in [3.05, 3.63) is 12.1 Å². The van der Waals surface area contributed by atoms with Crippen molar-refractivity contribution in [3.63, 3.8) is 0 Å². The van der Waals surface area contributed by atoms with E-state index in [1.54, 1.807) is 0 Å². The highest BCUT2D eigenvalue weighted by Gasteiger charge is 2.33. The van der Waals surface area contributed by atoms with E-state index in [2.05, 4.69) is 10.2 Å². The predicted molar refractivity (Wildman–Crippen MR) is 83.9 cm³/mol. The number of ether oxygens (including phenoxy) is 1. The molecule has 2 aliphatic rings. The van der Waals surface area contributed by atoms with Crippen molar-refractivity contribution in [2.45, 2.75) is 38.2 Å². The van der Waals surface area contributed by atoms with Gasteiger partial charge in [0.1, 0.15) is 6.10 Å². The third-order valence-corrected chi connectivity index (χ3v) is 4.53. The Balaban J connectivity index is 1.53. The third kappa shape index (κ3) is 3.31. The summed E-state index contributed by atoms with van der Waals surface area (Å²) in [5, 5.41) is 8.20. The van der Waals surface area contributed by atoms with Gasteiger partial charge in [0.15, 0.2) is 5.82 Å². The zero-order chi connectivity index (χ0) is 15.5. The number of carbonyl (C=O) groups excluding carboxylic acids is 1. The molecule has 1 amide bonds. The first kappa shape index (κ1) is 15.1. The highest BCUT2D eigenvalue weighted by molar-refractivity contribution is 5.79. The molecule has 1 aliphatic carbocycles. The maximum Gasteiger partial charge on any atom is 0.233 e. The quantitative estimate of drug-likeness (QED) is 0.847. The van der Waals surface area contributed by atoms with Crippen molar-refractivity contribution < 1.29 is 9.53 Å². The van der Waals surface area contributed by atoms with Crippen LogP contribution in [0.15, 0.2) is 12.1 Å². The number of likely N-dealkylation sites (tertiary alicyclic amines) is 1. The summed E-state index contributed by atoms with van der Waals surface area (Å²) >= 11 is 0. The molecule has 2 heterocycles. The molecule has 0 radical (unpaired) electrons. The number of aromatic nitrogens is 2. The van der Waals surface area contributed by atoms with Crippen LogP contribution >= 0.6 is 0 Å². The summed E-state index contributed by atoms with van der Waals surface area (Å²) in [7, 11) is 3.85. The van der Waals surface area contributed by atoms with Gasteiger partial charge in [-0.1, -0.05) is 12.8 Å². The fraction of sp³-hybridized carbons (Fsp3) is 0.688. The maximum atomic E-state index is 12.4. The average Bonchev–Trinajstić information content (AvgIpc) is 3.19. The summed E-state index contributed by atoms with van der Waals surface area (Å²) in [6.07, 6.45) is 5.40. The van der Waals surface area contributed by atoms with E-state index in [9.17, 15) is 4.79 Å². The van der Waals surface area contributed by atoms with E-state index >= 15 is 0 Å². The van der Waals surface area contributed by atoms with Crippen LogP contribution in [0.5, 0.6) is 5.88 Å². The second-order valence-electron chi connectivity index (χ2n) is 6.42. The minimum absolute atomic E-state index is 0.0323. The summed E-state index contributed by atoms with van der Waals surface area (Å²) in [5.41, 5.74) is 0. The van der Waals surface area contributed by atoms with E-state index in [4.69, 9.17) is 4.74 Å². The highest BCUT2D eigenvalue weighted by atomic mass is 16.5. The molecule has 6 nitrogen and oxygen atoms in total. The van der Waals surface area contributed by atoms with E-state index < -0.39 is 0 Å². The molecule has 120 valence electrons. The van der Waals surface area contributed by atoms with Crippen LogP contribution in [0.1, 0.15) is 32.1 Å². The van der Waals surface area contributed by atoms with Gasteiger partial charge in [-0.2, -0.15) is 0 Å². The third-order valence-electron chi connectivity index (χ3n) is 4.53. The first-order valence-electron chi connectivity index (χ1n) is 8.10. The van der Waals surface area contributed by atoms with Crippen LogP contribution in [0, 0.1) is 5.92 Å². The van der Waals surface area contributed by atoms with Gasteiger partial charge in [-0.05, 0) is 18.9 Å². The number of anilines is 1. The Morgan fingerprint density at radius 1 is 1.23 bits per heavy atom. The van der Waals surface area contributed by atoms with E-state index in [1.807, 2.05) is 36.0 Å². The lowest BCUT2D eigenvalue weighted by molar-refractivity contribution is -0.134. The lowest BCUT2D eigenvalue weighted by atomic mass is 10.1. The monoisotopic (exact) mass is 304 g/mol. The number of rotatable bonds is 4. The van der Waals surface area contributed by atoms with Crippen molar-refractivity contribution in [1.82, 2.24) is 15.1 Å². The van der Waals surface area contributed by atoms with Crippen molar-refractivity contribution in [3.8, 4) is 5.88 Å². The molecular weight excluding hydrogens is 280 g/mol. The van der Waals surface area contributed by atoms with Gasteiger partial charge in [0.05, 0.1) is 6.54 Å². The molecule has 0 bridgehead atoms. The molecule has 2 fully saturated rings. The van der Waals surface area contributed by atoms with Crippen LogP contribution in [0.4, 0.5) is 5.82 Å². The van der Waals surface area contributed by atoms with Gasteiger partial charge in [0.2, 0.25) is 11.8 Å². The van der Waals surface area contributed by atoms with Crippen LogP contribution < -0.4 is 9.64 Å². The van der Waals surface area contributed by atoms with Crippen LogP contribution in [0.2, 0.25) is 0 Å². The van der Waals surface area contributed by atoms with Crippen molar-refractivity contribution >= 4 is 11.7 Å². The largest absolute Gasteiger partial charge is 0.471 e. The molecule has 1 aromatic rings. The fourth-order valence-electron chi connectivity index (χ4n) is 3.24. The number of amides is 1. The van der Waals surface area contributed by atoms with E-state index in [0.717, 1.165) is 31.6 Å². The van der Waals surface area contributed by atoms with Crippen LogP contribution in [0.25, 0.3) is 0 Å². The minimum atomic E-state index is 0.0323. The van der Waals surface area contributed by atoms with E-state index in [1.165, 1.54) is 12.8 Å². The molecule has 1 atom stereocenters. The van der Waals surface area contributed by atoms with Crippen LogP contribution in [0.3, 0.4) is 0 Å². The lowest BCUT2D eigenvalue weighted by Gasteiger charge is -2.20. The number of carbonyl (C=O) groups is 1. The molecule has 1 saturated heterocycles. The topological polar surface area (TPSA) is 58.6 Å². The lowest BCUT2D eigenvalue weighted by Crippen LogP contribution is -2.34. The molecule has 3 rings (SSSR count). The predicted octanol–water partition coefficient (Wildman–Crippen LogP) is 1.71. The maximum absolute atomic E-state index is 12.4. The average molecular weight is 304 g/mol. The molecule has 0 aromatic carbocycles. The van der Waals surface area contributed by atoms with Crippen LogP contribution in [-0.4, -0.2) is 54.3 Å². The Labute approximate surface area is 131 Å². The summed E-state index contributed by atoms with van der Waals surface area (Å²) in [5.74, 6) is 1.90. The fourth-order valence-corrected chi connectivity index (χ4v) is 3.24. The molecule has 1 aliphatic heterocycles. The summed E-state index contributed by atoms with van der Waals surface area (Å²) in [4.78, 5) is 16.3. The molecule has 1 aromatic heterocycles. The van der Waals surface area contributed by atoms with Crippen molar-refractivity contribution in [2.24, 2.45) is 5.92 Å². The Bertz CT molecular complexity index is 511. The van der Waals surface area contributed by atoms with Crippen molar-refractivity contribution in [2.75, 3.05) is 32.1 Å². The zero-order valence-electron chi connectivity index (χ0n) is 13.4. The van der Waals surface area contributed by atoms with E-state index in [0.29, 0.717) is 18.3 Å². The normalized spacial score (nSPS) is 22.1. The minimum Gasteiger partial charge on any atom is -0.471 e. The molecule has 0 N–H and O–H groups in total. The van der Waals surface area contributed by atoms with Gasteiger partial charge in [-0.25, -0.2) is 0 Å². The van der Waals surface area contributed by atoms with Gasteiger partial charge in [-0.3, -0.25) is 4.79 Å². The van der Waals surface area contributed by atoms with Crippen LogP contribution in [-0.2, 0) is 4.79 Å². The standard InChI is InChI=1S/C16H24N4O2/c1-19(2)14-7-8-15(18-17-14)22-13-9-10-20(11-13)16(21)12-5-3-4-6-12/h7-8,12-13H,3-6,9-11H2,1-2H3. The zero-order valence-corrected chi connectivity index (χ0v) is 13.4. The molecule has 1 saturated carbocycles. The van der Waals surface area contributed by atoms with Gasteiger partial charge >= 0.3 is 0 Å². The summed E-state index contributed by atoms with van der Waals surface area (Å²) in [6, 6.07) is 3.72. The summed E-state index contributed by atoms with van der Waals surface area (Å²) < 4.78 is 5.87. The van der Waals surface area contributed by atoms with Gasteiger partial charge in [-0.15, -0.1) is 10.2 Å². The molecule has 1 unspecified atom stereocenters. The smallest absolute Gasteiger partial charge is 0.233 e. The van der Waals surface area contributed by atoms with Gasteiger partial charge in [0, 0.05) is 39.0 Å². The Morgan fingerprint density at radius 3 is 2.64 bits per heavy atom. The van der Waals surface area contributed by atoms with Gasteiger partial charge < -0.3 is 14.5 Å². The molecule has 22 heavy (non-hydrogen) atoms. The molecule has 0 spiro atoms. The van der Waals surface area contributed by atoms with Crippen molar-refractivity contribution in [1.29, 1.82) is 0 Å². The second-order valence-corrected chi connectivity index (χ2v) is 6.42. The van der Waals surface area contributed by atoms with E-state index in [-0.39, 0.29) is 12.0 Å². The number of nitrogens with zero attached hydrogens (tertiary/aromatic N) is 4. The molecule has 6 heteroatoms. The first-order valence-corrected chi connectivity index (χ1v) is 8.10. The Morgan fingerprint density at radius 2 is 2.00 bits per heavy atom. The number of hydrogen-bond acceptors (Lipinski definition) is 5. The Hall–Kier alpha value is -1.85.